The number of aryl methyl sites for hydroxylation is 1. The summed E-state index contributed by atoms with van der Waals surface area (Å²) < 4.78 is 14.5. The Morgan fingerprint density at radius 2 is 1.84 bits per heavy atom. The van der Waals surface area contributed by atoms with Crippen molar-refractivity contribution >= 4 is 11.6 Å². The highest BCUT2D eigenvalue weighted by Crippen LogP contribution is 2.42. The minimum atomic E-state index is -0.0451. The quantitative estimate of drug-likeness (QED) is 0.797. The topological polar surface area (TPSA) is 6.48 Å². The van der Waals surface area contributed by atoms with Gasteiger partial charge in [-0.3, -0.25) is 4.90 Å². The third kappa shape index (κ3) is 3.10. The molecule has 1 unspecified atom stereocenters. The lowest BCUT2D eigenvalue weighted by Crippen LogP contribution is -2.35. The molecule has 0 aromatic heterocycles. The Labute approximate surface area is 154 Å². The maximum Gasteiger partial charge on any atom is 0.128 e. The Balaban J connectivity index is 1.63. The molecule has 1 aliphatic carbocycles. The summed E-state index contributed by atoms with van der Waals surface area (Å²) in [6.45, 7) is 1.93. The predicted octanol–water partition coefficient (Wildman–Crippen LogP) is 4.50. The van der Waals surface area contributed by atoms with E-state index in [9.17, 15) is 4.39 Å². The van der Waals surface area contributed by atoms with Crippen LogP contribution in [0.3, 0.4) is 0 Å². The van der Waals surface area contributed by atoms with E-state index in [-0.39, 0.29) is 11.9 Å². The Morgan fingerprint density at radius 1 is 1.08 bits per heavy atom. The molecule has 132 valence electrons. The van der Waals surface area contributed by atoms with Crippen molar-refractivity contribution in [3.8, 4) is 0 Å². The third-order valence-electron chi connectivity index (χ3n) is 5.88. The summed E-state index contributed by atoms with van der Waals surface area (Å²) in [5.41, 5.74) is 3.43. The first-order chi connectivity index (χ1) is 12.0. The number of hydrogen-bond acceptors (Lipinski definition) is 2. The van der Waals surface area contributed by atoms with Gasteiger partial charge in [-0.25, -0.2) is 4.39 Å². The van der Waals surface area contributed by atoms with Crippen LogP contribution < -0.4 is 0 Å². The van der Waals surface area contributed by atoms with Gasteiger partial charge >= 0.3 is 0 Å². The van der Waals surface area contributed by atoms with E-state index in [1.54, 1.807) is 6.07 Å². The van der Waals surface area contributed by atoms with Crippen LogP contribution >= 0.6 is 11.6 Å². The standard InChI is InChI=1S/C21H24ClFN2/c1-24(2)20-13-25(12-17(20)14-6-9-16(22)10-7-14)19-11-8-15-4-3-5-18(23)21(15)19/h3-7,9-10,17,19-20H,8,11-13H2,1-2H3/t17-,19?,20+/m0/s1. The molecule has 1 fully saturated rings. The lowest BCUT2D eigenvalue weighted by atomic mass is 9.94. The highest BCUT2D eigenvalue weighted by atomic mass is 35.5. The van der Waals surface area contributed by atoms with Crippen molar-refractivity contribution in [1.82, 2.24) is 9.80 Å². The van der Waals surface area contributed by atoms with Crippen LogP contribution in [0.4, 0.5) is 4.39 Å². The minimum Gasteiger partial charge on any atom is -0.305 e. The van der Waals surface area contributed by atoms with Crippen LogP contribution in [-0.4, -0.2) is 43.0 Å². The van der Waals surface area contributed by atoms with Gasteiger partial charge in [-0.2, -0.15) is 0 Å². The van der Waals surface area contributed by atoms with Gasteiger partial charge in [0.1, 0.15) is 5.82 Å². The molecule has 0 spiro atoms. The normalized spacial score (nSPS) is 26.4. The molecule has 2 aromatic carbocycles. The Bertz CT molecular complexity index is 759. The van der Waals surface area contributed by atoms with E-state index in [1.165, 1.54) is 11.1 Å². The molecular formula is C21H24ClFN2. The molecular weight excluding hydrogens is 335 g/mol. The van der Waals surface area contributed by atoms with Gasteiger partial charge < -0.3 is 4.90 Å². The van der Waals surface area contributed by atoms with Crippen LogP contribution in [0.25, 0.3) is 0 Å². The van der Waals surface area contributed by atoms with Gasteiger partial charge in [-0.15, -0.1) is 0 Å². The first-order valence-corrected chi connectivity index (χ1v) is 9.35. The average Bonchev–Trinajstić information content (AvgIpc) is 3.20. The fourth-order valence-electron chi connectivity index (χ4n) is 4.61. The summed E-state index contributed by atoms with van der Waals surface area (Å²) in [5.74, 6) is 0.374. The summed E-state index contributed by atoms with van der Waals surface area (Å²) in [4.78, 5) is 4.79. The van der Waals surface area contributed by atoms with Crippen molar-refractivity contribution in [3.05, 3.63) is 70.0 Å². The molecule has 25 heavy (non-hydrogen) atoms. The summed E-state index contributed by atoms with van der Waals surface area (Å²) in [6, 6.07) is 14.4. The van der Waals surface area contributed by atoms with E-state index in [0.717, 1.165) is 36.5 Å². The molecule has 0 bridgehead atoms. The van der Waals surface area contributed by atoms with Crippen molar-refractivity contribution in [3.63, 3.8) is 0 Å². The molecule has 2 aromatic rings. The number of halogens is 2. The molecule has 2 nitrogen and oxygen atoms in total. The van der Waals surface area contributed by atoms with Crippen molar-refractivity contribution < 1.29 is 4.39 Å². The monoisotopic (exact) mass is 358 g/mol. The third-order valence-corrected chi connectivity index (χ3v) is 6.13. The number of benzene rings is 2. The van der Waals surface area contributed by atoms with Crippen LogP contribution in [0, 0.1) is 5.82 Å². The second kappa shape index (κ2) is 6.71. The molecule has 1 heterocycles. The van der Waals surface area contributed by atoms with Gasteiger partial charge in [0.2, 0.25) is 0 Å². The number of likely N-dealkylation sites (N-methyl/N-ethyl adjacent to an activating group) is 1. The van der Waals surface area contributed by atoms with Crippen LogP contribution in [0.15, 0.2) is 42.5 Å². The van der Waals surface area contributed by atoms with Gasteiger partial charge in [0.25, 0.3) is 0 Å². The van der Waals surface area contributed by atoms with E-state index < -0.39 is 0 Å². The van der Waals surface area contributed by atoms with Crippen molar-refractivity contribution in [2.45, 2.75) is 30.8 Å². The fourth-order valence-corrected chi connectivity index (χ4v) is 4.73. The van der Waals surface area contributed by atoms with E-state index in [4.69, 9.17) is 11.6 Å². The van der Waals surface area contributed by atoms with Gasteiger partial charge in [0, 0.05) is 41.7 Å². The molecule has 4 heteroatoms. The fraction of sp³-hybridized carbons (Fsp3) is 0.429. The van der Waals surface area contributed by atoms with Crippen LogP contribution in [0.5, 0.6) is 0 Å². The molecule has 0 amide bonds. The smallest absolute Gasteiger partial charge is 0.128 e. The predicted molar refractivity (Wildman–Crippen MR) is 101 cm³/mol. The zero-order chi connectivity index (χ0) is 17.6. The first kappa shape index (κ1) is 17.0. The first-order valence-electron chi connectivity index (χ1n) is 8.98. The van der Waals surface area contributed by atoms with Crippen LogP contribution in [0.2, 0.25) is 5.02 Å². The van der Waals surface area contributed by atoms with E-state index >= 15 is 0 Å². The van der Waals surface area contributed by atoms with Crippen molar-refractivity contribution in [2.75, 3.05) is 27.2 Å². The summed E-state index contributed by atoms with van der Waals surface area (Å²) in [5, 5.41) is 0.770. The molecule has 1 saturated heterocycles. The number of nitrogens with zero attached hydrogens (tertiary/aromatic N) is 2. The van der Waals surface area contributed by atoms with Crippen molar-refractivity contribution in [2.24, 2.45) is 0 Å². The lowest BCUT2D eigenvalue weighted by molar-refractivity contribution is 0.213. The van der Waals surface area contributed by atoms with Gasteiger partial charge in [0.05, 0.1) is 0 Å². The average molecular weight is 359 g/mol. The zero-order valence-electron chi connectivity index (χ0n) is 14.8. The molecule has 1 aliphatic heterocycles. The molecule has 0 N–H and O–H groups in total. The maximum absolute atomic E-state index is 14.5. The van der Waals surface area contributed by atoms with Gasteiger partial charge in [-0.1, -0.05) is 35.9 Å². The molecule has 4 rings (SSSR count). The number of likely N-dealkylation sites (tertiary alicyclic amines) is 1. The van der Waals surface area contributed by atoms with Crippen LogP contribution in [-0.2, 0) is 6.42 Å². The second-order valence-corrected chi connectivity index (χ2v) is 7.95. The Kier molecular flexibility index (Phi) is 4.57. The summed E-state index contributed by atoms with van der Waals surface area (Å²) >= 11 is 6.06. The SMILES string of the molecule is CN(C)[C@@H]1CN(C2CCc3cccc(F)c32)C[C@H]1c1ccc(Cl)cc1. The molecule has 0 radical (unpaired) electrons. The zero-order valence-corrected chi connectivity index (χ0v) is 15.5. The minimum absolute atomic E-state index is 0.0451. The highest BCUT2D eigenvalue weighted by molar-refractivity contribution is 6.30. The number of hydrogen-bond donors (Lipinski definition) is 0. The Morgan fingerprint density at radius 3 is 2.56 bits per heavy atom. The van der Waals surface area contributed by atoms with E-state index in [0.29, 0.717) is 12.0 Å². The Hall–Kier alpha value is -1.42. The highest BCUT2D eigenvalue weighted by Gasteiger charge is 2.41. The van der Waals surface area contributed by atoms with E-state index in [2.05, 4.69) is 42.1 Å². The number of rotatable bonds is 3. The lowest BCUT2D eigenvalue weighted by Gasteiger charge is -2.26. The van der Waals surface area contributed by atoms with Gasteiger partial charge in [0.15, 0.2) is 0 Å². The number of fused-ring (bicyclic) bond motifs is 1. The van der Waals surface area contributed by atoms with Crippen molar-refractivity contribution in [1.29, 1.82) is 0 Å². The van der Waals surface area contributed by atoms with E-state index in [1.807, 2.05) is 18.2 Å². The van der Waals surface area contributed by atoms with Gasteiger partial charge in [-0.05, 0) is 56.3 Å². The molecule has 2 aliphatic rings. The van der Waals surface area contributed by atoms with Crippen LogP contribution in [0.1, 0.15) is 35.1 Å². The largest absolute Gasteiger partial charge is 0.305 e. The maximum atomic E-state index is 14.5. The molecule has 0 saturated carbocycles. The molecule has 3 atom stereocenters. The summed E-state index contributed by atoms with van der Waals surface area (Å²) in [6.07, 6.45) is 2.00. The summed E-state index contributed by atoms with van der Waals surface area (Å²) in [7, 11) is 4.28. The second-order valence-electron chi connectivity index (χ2n) is 7.51.